The van der Waals surface area contributed by atoms with E-state index in [9.17, 15) is 13.2 Å². The molecule has 1 amide bonds. The number of anilines is 1. The van der Waals surface area contributed by atoms with E-state index in [2.05, 4.69) is 21.2 Å². The van der Waals surface area contributed by atoms with Crippen LogP contribution >= 0.6 is 11.8 Å². The van der Waals surface area contributed by atoms with Gasteiger partial charge in [-0.1, -0.05) is 23.9 Å². The molecule has 1 unspecified atom stereocenters. The molecule has 0 N–H and O–H groups in total. The normalized spacial score (nSPS) is 22.5. The van der Waals surface area contributed by atoms with Crippen LogP contribution in [0.5, 0.6) is 0 Å². The van der Waals surface area contributed by atoms with Gasteiger partial charge in [0.2, 0.25) is 11.9 Å². The molecule has 1 aromatic carbocycles. The number of aryl methyl sites for hydroxylation is 1. The van der Waals surface area contributed by atoms with Crippen LogP contribution in [0.15, 0.2) is 29.4 Å². The Balaban J connectivity index is 1.37. The molecule has 3 fully saturated rings. The Morgan fingerprint density at radius 1 is 1.18 bits per heavy atom. The van der Waals surface area contributed by atoms with Gasteiger partial charge in [0, 0.05) is 25.2 Å². The van der Waals surface area contributed by atoms with E-state index in [-0.39, 0.29) is 35.2 Å². The fraction of sp³-hybridized carbons (Fsp3) is 0.591. The molecule has 2 aromatic rings. The second-order valence-corrected chi connectivity index (χ2v) is 12.1. The van der Waals surface area contributed by atoms with Gasteiger partial charge in [-0.15, -0.1) is 10.2 Å². The number of nitrogens with zero attached hydrogens (tertiary/aromatic N) is 5. The molecule has 3 aliphatic rings. The first-order chi connectivity index (χ1) is 15.9. The molecule has 2 aliphatic heterocycles. The number of sulfone groups is 1. The van der Waals surface area contributed by atoms with Crippen molar-refractivity contribution in [3.8, 4) is 5.69 Å². The van der Waals surface area contributed by atoms with Crippen LogP contribution in [0.3, 0.4) is 0 Å². The van der Waals surface area contributed by atoms with Crippen LogP contribution in [0.1, 0.15) is 24.8 Å². The van der Waals surface area contributed by atoms with Gasteiger partial charge in [-0.25, -0.2) is 8.42 Å². The van der Waals surface area contributed by atoms with Crippen molar-refractivity contribution in [1.82, 2.24) is 19.7 Å². The summed E-state index contributed by atoms with van der Waals surface area (Å²) in [6.07, 6.45) is 2.44. The number of aromatic nitrogens is 3. The van der Waals surface area contributed by atoms with Gasteiger partial charge in [0.25, 0.3) is 0 Å². The smallest absolute Gasteiger partial charge is 0.233 e. The zero-order valence-corrected chi connectivity index (χ0v) is 20.4. The van der Waals surface area contributed by atoms with E-state index in [4.69, 9.17) is 4.74 Å². The largest absolute Gasteiger partial charge is 0.378 e. The lowest BCUT2D eigenvalue weighted by Crippen LogP contribution is -2.43. The molecular weight excluding hydrogens is 462 g/mol. The van der Waals surface area contributed by atoms with Gasteiger partial charge in [-0.05, 0) is 43.9 Å². The Labute approximate surface area is 198 Å². The van der Waals surface area contributed by atoms with Crippen LogP contribution < -0.4 is 4.90 Å². The molecule has 0 spiro atoms. The predicted octanol–water partition coefficient (Wildman–Crippen LogP) is 1.68. The maximum absolute atomic E-state index is 13.2. The minimum absolute atomic E-state index is 0.0173. The van der Waals surface area contributed by atoms with Gasteiger partial charge >= 0.3 is 0 Å². The number of rotatable bonds is 7. The number of hydrogen-bond acceptors (Lipinski definition) is 8. The van der Waals surface area contributed by atoms with Crippen LogP contribution in [0.2, 0.25) is 0 Å². The fourth-order valence-electron chi connectivity index (χ4n) is 4.57. The van der Waals surface area contributed by atoms with Crippen molar-refractivity contribution in [2.24, 2.45) is 0 Å². The van der Waals surface area contributed by atoms with Crippen molar-refractivity contribution in [1.29, 1.82) is 0 Å². The van der Waals surface area contributed by atoms with Crippen molar-refractivity contribution >= 4 is 33.5 Å². The Morgan fingerprint density at radius 2 is 1.97 bits per heavy atom. The number of carbonyl (C=O) groups is 1. The molecule has 33 heavy (non-hydrogen) atoms. The minimum Gasteiger partial charge on any atom is -0.378 e. The van der Waals surface area contributed by atoms with E-state index in [1.807, 2.05) is 34.6 Å². The molecule has 2 saturated heterocycles. The van der Waals surface area contributed by atoms with Crippen LogP contribution in [0, 0.1) is 6.92 Å². The molecule has 1 saturated carbocycles. The molecule has 5 rings (SSSR count). The van der Waals surface area contributed by atoms with Crippen molar-refractivity contribution in [3.63, 3.8) is 0 Å². The predicted molar refractivity (Wildman–Crippen MR) is 127 cm³/mol. The Kier molecular flexibility index (Phi) is 6.37. The first-order valence-electron chi connectivity index (χ1n) is 11.4. The summed E-state index contributed by atoms with van der Waals surface area (Å²) in [5.74, 6) is 1.20. The van der Waals surface area contributed by atoms with Crippen molar-refractivity contribution in [2.45, 2.75) is 43.4 Å². The highest BCUT2D eigenvalue weighted by Crippen LogP contribution is 2.34. The highest BCUT2D eigenvalue weighted by molar-refractivity contribution is 7.99. The highest BCUT2D eigenvalue weighted by atomic mass is 32.2. The third-order valence-corrected chi connectivity index (χ3v) is 8.99. The van der Waals surface area contributed by atoms with Gasteiger partial charge < -0.3 is 14.5 Å². The maximum Gasteiger partial charge on any atom is 0.233 e. The van der Waals surface area contributed by atoms with Gasteiger partial charge in [-0.2, -0.15) is 0 Å². The quantitative estimate of drug-likeness (QED) is 0.540. The second kappa shape index (κ2) is 9.27. The molecule has 1 atom stereocenters. The van der Waals surface area contributed by atoms with Crippen LogP contribution in [-0.2, 0) is 19.4 Å². The Hall–Kier alpha value is -2.11. The lowest BCUT2D eigenvalue weighted by atomic mass is 10.2. The Bertz CT molecular complexity index is 1130. The number of carbonyl (C=O) groups excluding carboxylic acids is 1. The van der Waals surface area contributed by atoms with Gasteiger partial charge in [0.05, 0.1) is 36.2 Å². The number of morpholine rings is 1. The van der Waals surface area contributed by atoms with E-state index < -0.39 is 9.84 Å². The molecule has 178 valence electrons. The average molecular weight is 492 g/mol. The van der Waals surface area contributed by atoms with Gasteiger partial charge in [0.15, 0.2) is 15.0 Å². The standard InChI is InChI=1S/C22H29N5O4S2/c1-16-3-2-4-18(13-16)27-21(25-8-10-31-11-9-25)23-24-22(27)32-14-20(28)26(17-5-6-17)19-7-12-33(29,30)15-19/h2-4,13,17,19H,5-12,14-15H2,1H3. The monoisotopic (exact) mass is 491 g/mol. The van der Waals surface area contributed by atoms with E-state index >= 15 is 0 Å². The molecular formula is C22H29N5O4S2. The number of ether oxygens (including phenoxy) is 1. The minimum atomic E-state index is -3.05. The van der Waals surface area contributed by atoms with E-state index in [1.54, 1.807) is 0 Å². The molecule has 0 bridgehead atoms. The van der Waals surface area contributed by atoms with E-state index in [0.717, 1.165) is 43.1 Å². The average Bonchev–Trinajstić information content (AvgIpc) is 3.43. The molecule has 0 radical (unpaired) electrons. The molecule has 1 aromatic heterocycles. The number of benzene rings is 1. The number of amides is 1. The van der Waals surface area contributed by atoms with Crippen LogP contribution in [0.4, 0.5) is 5.95 Å². The molecule has 11 heteroatoms. The fourth-order valence-corrected chi connectivity index (χ4v) is 7.10. The number of thioether (sulfide) groups is 1. The zero-order chi connectivity index (χ0) is 23.0. The first-order valence-corrected chi connectivity index (χ1v) is 14.2. The van der Waals surface area contributed by atoms with Gasteiger partial charge in [0.1, 0.15) is 0 Å². The lowest BCUT2D eigenvalue weighted by Gasteiger charge is -2.29. The topological polar surface area (TPSA) is 97.6 Å². The highest BCUT2D eigenvalue weighted by Gasteiger charge is 2.42. The van der Waals surface area contributed by atoms with E-state index in [1.165, 1.54) is 11.8 Å². The summed E-state index contributed by atoms with van der Waals surface area (Å²) in [6.45, 7) is 4.80. The molecule has 9 nitrogen and oxygen atoms in total. The summed E-state index contributed by atoms with van der Waals surface area (Å²) in [4.78, 5) is 17.2. The number of hydrogen-bond donors (Lipinski definition) is 0. The van der Waals surface area contributed by atoms with E-state index in [0.29, 0.717) is 24.8 Å². The Morgan fingerprint density at radius 3 is 2.64 bits per heavy atom. The summed E-state index contributed by atoms with van der Waals surface area (Å²) in [7, 11) is -3.05. The van der Waals surface area contributed by atoms with Crippen LogP contribution in [0.25, 0.3) is 5.69 Å². The first kappa shape index (κ1) is 22.7. The zero-order valence-electron chi connectivity index (χ0n) is 18.7. The summed E-state index contributed by atoms with van der Waals surface area (Å²) in [5.41, 5.74) is 2.08. The second-order valence-electron chi connectivity index (χ2n) is 8.93. The third kappa shape index (κ3) is 5.04. The summed E-state index contributed by atoms with van der Waals surface area (Å²) in [6, 6.07) is 8.12. The van der Waals surface area contributed by atoms with Gasteiger partial charge in [-0.3, -0.25) is 9.36 Å². The van der Waals surface area contributed by atoms with Crippen molar-refractivity contribution in [3.05, 3.63) is 29.8 Å². The SMILES string of the molecule is Cc1cccc(-n2c(SCC(=O)N(C3CC3)C3CCS(=O)(=O)C3)nnc2N2CCOCC2)c1. The van der Waals surface area contributed by atoms with Crippen LogP contribution in [-0.4, -0.2) is 89.6 Å². The molecule has 3 heterocycles. The summed E-state index contributed by atoms with van der Waals surface area (Å²) in [5, 5.41) is 9.57. The third-order valence-electron chi connectivity index (χ3n) is 6.32. The summed E-state index contributed by atoms with van der Waals surface area (Å²) >= 11 is 1.36. The summed E-state index contributed by atoms with van der Waals surface area (Å²) < 4.78 is 31.5. The van der Waals surface area contributed by atoms with Crippen molar-refractivity contribution < 1.29 is 17.9 Å². The lowest BCUT2D eigenvalue weighted by molar-refractivity contribution is -0.130. The molecule has 1 aliphatic carbocycles. The van der Waals surface area contributed by atoms with Crippen molar-refractivity contribution in [2.75, 3.05) is 48.5 Å². The maximum atomic E-state index is 13.2.